The van der Waals surface area contributed by atoms with Crippen LogP contribution in [0.2, 0.25) is 0 Å². The van der Waals surface area contributed by atoms with Gasteiger partial charge in [-0.2, -0.15) is 0 Å². The smallest absolute Gasteiger partial charge is 0.408 e. The summed E-state index contributed by atoms with van der Waals surface area (Å²) >= 11 is 0. The Hall–Kier alpha value is -2.44. The number of methoxy groups -OCH3 is 1. The quantitative estimate of drug-likeness (QED) is 0.341. The zero-order valence-corrected chi connectivity index (χ0v) is 12.6. The Labute approximate surface area is 123 Å². The molecule has 0 aromatic heterocycles. The number of para-hydroxylation sites is 1. The molecule has 1 atom stereocenters. The highest BCUT2D eigenvalue weighted by Crippen LogP contribution is 2.25. The summed E-state index contributed by atoms with van der Waals surface area (Å²) in [5.41, 5.74) is 5.56. The summed E-state index contributed by atoms with van der Waals surface area (Å²) in [7, 11) is 1.50. The first-order valence-corrected chi connectivity index (χ1v) is 6.38. The Balaban J connectivity index is 3.05. The minimum atomic E-state index is -0.860. The molecule has 0 fully saturated rings. The molecule has 116 valence electrons. The van der Waals surface area contributed by atoms with Crippen molar-refractivity contribution in [3.63, 3.8) is 0 Å². The van der Waals surface area contributed by atoms with Crippen molar-refractivity contribution in [3.05, 3.63) is 29.8 Å². The molecular formula is C14H21N3O4. The number of nitrogens with two attached hydrogens (primary N) is 1. The van der Waals surface area contributed by atoms with E-state index in [1.807, 2.05) is 0 Å². The summed E-state index contributed by atoms with van der Waals surface area (Å²) in [6.45, 7) is 5.23. The van der Waals surface area contributed by atoms with Crippen molar-refractivity contribution in [1.29, 1.82) is 0 Å². The summed E-state index contributed by atoms with van der Waals surface area (Å²) in [6, 6.07) is 6.09. The lowest BCUT2D eigenvalue weighted by atomic mass is 10.0. The number of nitrogens with one attached hydrogen (secondary N) is 1. The molecule has 0 spiro atoms. The molecule has 7 heteroatoms. The second kappa shape index (κ2) is 6.83. The van der Waals surface area contributed by atoms with Crippen molar-refractivity contribution < 1.29 is 19.5 Å². The molecule has 4 N–H and O–H groups in total. The molecule has 21 heavy (non-hydrogen) atoms. The van der Waals surface area contributed by atoms with E-state index in [0.717, 1.165) is 0 Å². The molecule has 0 aliphatic heterocycles. The van der Waals surface area contributed by atoms with E-state index in [9.17, 15) is 4.79 Å². The van der Waals surface area contributed by atoms with Gasteiger partial charge in [0.15, 0.2) is 5.84 Å². The van der Waals surface area contributed by atoms with E-state index in [1.165, 1.54) is 7.11 Å². The third-order valence-electron chi connectivity index (χ3n) is 2.52. The molecule has 1 rings (SSSR count). The van der Waals surface area contributed by atoms with Crippen molar-refractivity contribution in [2.75, 3.05) is 7.11 Å². The molecule has 7 nitrogen and oxygen atoms in total. The number of oxime groups is 1. The number of rotatable bonds is 4. The van der Waals surface area contributed by atoms with E-state index < -0.39 is 17.7 Å². The normalized spacial score (nSPS) is 13.4. The number of alkyl carbamates (subject to hydrolysis) is 1. The van der Waals surface area contributed by atoms with Crippen LogP contribution in [0.1, 0.15) is 32.4 Å². The third kappa shape index (κ3) is 4.87. The maximum Gasteiger partial charge on any atom is 0.408 e. The first-order valence-electron chi connectivity index (χ1n) is 6.38. The van der Waals surface area contributed by atoms with Gasteiger partial charge in [0.1, 0.15) is 17.4 Å². The van der Waals surface area contributed by atoms with E-state index in [2.05, 4.69) is 10.5 Å². The van der Waals surface area contributed by atoms with Gasteiger partial charge < -0.3 is 25.7 Å². The first-order chi connectivity index (χ1) is 9.78. The Morgan fingerprint density at radius 1 is 1.38 bits per heavy atom. The van der Waals surface area contributed by atoms with Crippen LogP contribution in [0.5, 0.6) is 5.75 Å². The molecule has 0 bridgehead atoms. The van der Waals surface area contributed by atoms with Crippen LogP contribution in [0.4, 0.5) is 4.79 Å². The van der Waals surface area contributed by atoms with Gasteiger partial charge in [-0.05, 0) is 26.8 Å². The highest BCUT2D eigenvalue weighted by Gasteiger charge is 2.25. The van der Waals surface area contributed by atoms with Gasteiger partial charge in [-0.1, -0.05) is 23.4 Å². The predicted molar refractivity (Wildman–Crippen MR) is 78.5 cm³/mol. The number of ether oxygens (including phenoxy) is 2. The number of hydrogen-bond acceptors (Lipinski definition) is 5. The molecule has 0 unspecified atom stereocenters. The van der Waals surface area contributed by atoms with Gasteiger partial charge in [0.2, 0.25) is 0 Å². The molecule has 0 saturated carbocycles. The van der Waals surface area contributed by atoms with Gasteiger partial charge in [-0.3, -0.25) is 0 Å². The fourth-order valence-electron chi connectivity index (χ4n) is 1.70. The minimum absolute atomic E-state index is 0.176. The summed E-state index contributed by atoms with van der Waals surface area (Å²) in [4.78, 5) is 11.9. The Kier molecular flexibility index (Phi) is 5.40. The fourth-order valence-corrected chi connectivity index (χ4v) is 1.70. The minimum Gasteiger partial charge on any atom is -0.496 e. The SMILES string of the molecule is COc1ccccc1[C@H](NC(=O)OC(C)(C)C)/C(N)=N/O. The third-order valence-corrected chi connectivity index (χ3v) is 2.52. The summed E-state index contributed by atoms with van der Waals surface area (Å²) in [6.07, 6.45) is -0.676. The van der Waals surface area contributed by atoms with Gasteiger partial charge >= 0.3 is 6.09 Å². The van der Waals surface area contributed by atoms with Crippen LogP contribution in [0.3, 0.4) is 0 Å². The van der Waals surface area contributed by atoms with E-state index in [4.69, 9.17) is 20.4 Å². The van der Waals surface area contributed by atoms with Gasteiger partial charge in [-0.25, -0.2) is 4.79 Å². The number of benzene rings is 1. The number of nitrogens with zero attached hydrogens (tertiary/aromatic N) is 1. The van der Waals surface area contributed by atoms with Gasteiger partial charge in [0.05, 0.1) is 7.11 Å². The lowest BCUT2D eigenvalue weighted by Crippen LogP contribution is -2.40. The van der Waals surface area contributed by atoms with Gasteiger partial charge in [0, 0.05) is 5.56 Å². The Morgan fingerprint density at radius 3 is 2.52 bits per heavy atom. The number of carbonyl (C=O) groups excluding carboxylic acids is 1. The van der Waals surface area contributed by atoms with Crippen molar-refractivity contribution in [2.24, 2.45) is 10.9 Å². The Bertz CT molecular complexity index is 523. The Morgan fingerprint density at radius 2 is 2.00 bits per heavy atom. The number of amidine groups is 1. The van der Waals surface area contributed by atoms with Crippen molar-refractivity contribution >= 4 is 11.9 Å². The second-order valence-corrected chi connectivity index (χ2v) is 5.35. The molecule has 0 radical (unpaired) electrons. The molecular weight excluding hydrogens is 274 g/mol. The van der Waals surface area contributed by atoms with Crippen LogP contribution in [0.15, 0.2) is 29.4 Å². The lowest BCUT2D eigenvalue weighted by Gasteiger charge is -2.24. The highest BCUT2D eigenvalue weighted by atomic mass is 16.6. The molecule has 0 aliphatic rings. The maximum absolute atomic E-state index is 11.9. The summed E-state index contributed by atoms with van der Waals surface area (Å²) in [5, 5.41) is 14.4. The van der Waals surface area contributed by atoms with Crippen molar-refractivity contribution in [1.82, 2.24) is 5.32 Å². The average Bonchev–Trinajstić information content (AvgIpc) is 2.42. The van der Waals surface area contributed by atoms with Gasteiger partial charge in [0.25, 0.3) is 0 Å². The predicted octanol–water partition coefficient (Wildman–Crippen LogP) is 2.01. The molecule has 1 aromatic carbocycles. The molecule has 1 aromatic rings. The number of hydrogen-bond donors (Lipinski definition) is 3. The van der Waals surface area contributed by atoms with Crippen molar-refractivity contribution in [3.8, 4) is 5.75 Å². The summed E-state index contributed by atoms with van der Waals surface area (Å²) in [5.74, 6) is 0.329. The lowest BCUT2D eigenvalue weighted by molar-refractivity contribution is 0.0516. The average molecular weight is 295 g/mol. The number of amides is 1. The van der Waals surface area contributed by atoms with Crippen LogP contribution < -0.4 is 15.8 Å². The zero-order chi connectivity index (χ0) is 16.0. The first kappa shape index (κ1) is 16.6. The molecule has 0 saturated heterocycles. The zero-order valence-electron chi connectivity index (χ0n) is 12.6. The van der Waals surface area contributed by atoms with E-state index >= 15 is 0 Å². The molecule has 0 heterocycles. The van der Waals surface area contributed by atoms with Gasteiger partial charge in [-0.15, -0.1) is 0 Å². The highest BCUT2D eigenvalue weighted by molar-refractivity contribution is 5.90. The molecule has 0 aliphatic carbocycles. The maximum atomic E-state index is 11.9. The van der Waals surface area contributed by atoms with Crippen LogP contribution in [-0.2, 0) is 4.74 Å². The second-order valence-electron chi connectivity index (χ2n) is 5.35. The standard InChI is InChI=1S/C14H21N3O4/c1-14(2,3)21-13(18)16-11(12(15)17-19)9-7-5-6-8-10(9)20-4/h5-8,11,19H,1-4H3,(H2,15,17)(H,16,18)/t11-/m0/s1. The van der Waals surface area contributed by atoms with Crippen LogP contribution in [-0.4, -0.2) is 29.8 Å². The fraction of sp³-hybridized carbons (Fsp3) is 0.429. The van der Waals surface area contributed by atoms with Crippen LogP contribution >= 0.6 is 0 Å². The van der Waals surface area contributed by atoms with E-state index in [-0.39, 0.29) is 5.84 Å². The van der Waals surface area contributed by atoms with E-state index in [0.29, 0.717) is 11.3 Å². The van der Waals surface area contributed by atoms with E-state index in [1.54, 1.807) is 45.0 Å². The van der Waals surface area contributed by atoms with Crippen LogP contribution in [0, 0.1) is 0 Å². The topological polar surface area (TPSA) is 106 Å². The van der Waals surface area contributed by atoms with Crippen LogP contribution in [0.25, 0.3) is 0 Å². The molecule has 1 amide bonds. The van der Waals surface area contributed by atoms with Crippen molar-refractivity contribution in [2.45, 2.75) is 32.4 Å². The number of carbonyl (C=O) groups is 1. The summed E-state index contributed by atoms with van der Waals surface area (Å²) < 4.78 is 10.4. The largest absolute Gasteiger partial charge is 0.496 e. The monoisotopic (exact) mass is 295 g/mol.